The van der Waals surface area contributed by atoms with E-state index in [-0.39, 0.29) is 0 Å². The minimum absolute atomic E-state index is 0.671. The molecule has 1 aromatic heterocycles. The molecule has 1 aromatic rings. The van der Waals surface area contributed by atoms with E-state index < -0.39 is 18.1 Å². The number of carboxylic acids is 1. The zero-order valence-corrected chi connectivity index (χ0v) is 6.99. The van der Waals surface area contributed by atoms with Gasteiger partial charge in [-0.1, -0.05) is 6.07 Å². The normalized spacial score (nSPS) is 15.5. The van der Waals surface area contributed by atoms with Gasteiger partial charge < -0.3 is 15.9 Å². The van der Waals surface area contributed by atoms with Crippen molar-refractivity contribution in [2.45, 2.75) is 12.1 Å². The Kier molecular flexibility index (Phi) is 2.80. The number of thiophene rings is 1. The molecule has 0 fully saturated rings. The van der Waals surface area contributed by atoms with E-state index in [1.165, 1.54) is 11.3 Å². The maximum absolute atomic E-state index is 10.3. The van der Waals surface area contributed by atoms with Crippen molar-refractivity contribution in [2.75, 3.05) is 0 Å². The fourth-order valence-corrected chi connectivity index (χ4v) is 1.55. The van der Waals surface area contributed by atoms with E-state index in [1.54, 1.807) is 17.5 Å². The molecule has 2 atom stereocenters. The largest absolute Gasteiger partial charge is 0.479 e. The smallest absolute Gasteiger partial charge is 0.334 e. The molecule has 66 valence electrons. The number of aliphatic hydroxyl groups excluding tert-OH is 1. The molecule has 0 aromatic carbocycles. The third kappa shape index (κ3) is 1.82. The summed E-state index contributed by atoms with van der Waals surface area (Å²) in [5.74, 6) is -1.30. The molecular formula is C7H9NO3S. The van der Waals surface area contributed by atoms with Crippen LogP contribution in [0.5, 0.6) is 0 Å². The molecule has 0 unspecified atom stereocenters. The van der Waals surface area contributed by atoms with Crippen molar-refractivity contribution in [2.24, 2.45) is 5.73 Å². The van der Waals surface area contributed by atoms with Crippen molar-refractivity contribution in [3.63, 3.8) is 0 Å². The van der Waals surface area contributed by atoms with Gasteiger partial charge in [0.15, 0.2) is 6.10 Å². The molecule has 1 heterocycles. The van der Waals surface area contributed by atoms with Crippen LogP contribution < -0.4 is 5.73 Å². The summed E-state index contributed by atoms with van der Waals surface area (Å²) in [4.78, 5) is 11.0. The molecule has 0 saturated carbocycles. The van der Waals surface area contributed by atoms with E-state index in [4.69, 9.17) is 15.9 Å². The van der Waals surface area contributed by atoms with E-state index in [2.05, 4.69) is 0 Å². The highest BCUT2D eigenvalue weighted by Crippen LogP contribution is 2.19. The van der Waals surface area contributed by atoms with Crippen molar-refractivity contribution in [3.05, 3.63) is 22.4 Å². The highest BCUT2D eigenvalue weighted by Gasteiger charge is 2.23. The standard InChI is InChI=1S/C7H9NO3S/c8-5(6(9)7(10)11)4-2-1-3-12-4/h1-3,5-6,9H,8H2,(H,10,11)/t5-,6+/m0/s1. The van der Waals surface area contributed by atoms with Crippen molar-refractivity contribution >= 4 is 17.3 Å². The number of aliphatic hydroxyl groups is 1. The molecule has 0 bridgehead atoms. The molecule has 0 saturated heterocycles. The second-order valence-corrected chi connectivity index (χ2v) is 3.30. The van der Waals surface area contributed by atoms with Gasteiger partial charge in [-0.3, -0.25) is 0 Å². The van der Waals surface area contributed by atoms with Crippen molar-refractivity contribution < 1.29 is 15.0 Å². The lowest BCUT2D eigenvalue weighted by Crippen LogP contribution is -2.32. The predicted octanol–water partition coefficient (Wildman–Crippen LogP) is 0.193. The number of hydrogen-bond donors (Lipinski definition) is 3. The minimum Gasteiger partial charge on any atom is -0.479 e. The van der Waals surface area contributed by atoms with Gasteiger partial charge in [-0.25, -0.2) is 4.79 Å². The van der Waals surface area contributed by atoms with E-state index >= 15 is 0 Å². The number of hydrogen-bond acceptors (Lipinski definition) is 4. The van der Waals surface area contributed by atoms with Gasteiger partial charge in [0.25, 0.3) is 0 Å². The van der Waals surface area contributed by atoms with Crippen LogP contribution >= 0.6 is 11.3 Å². The summed E-state index contributed by atoms with van der Waals surface area (Å²) in [5.41, 5.74) is 5.46. The Balaban J connectivity index is 2.71. The van der Waals surface area contributed by atoms with Gasteiger partial charge in [0.1, 0.15) is 0 Å². The maximum Gasteiger partial charge on any atom is 0.334 e. The fraction of sp³-hybridized carbons (Fsp3) is 0.286. The van der Waals surface area contributed by atoms with Crippen LogP contribution in [0.3, 0.4) is 0 Å². The summed E-state index contributed by atoms with van der Waals surface area (Å²) >= 11 is 1.33. The summed E-state index contributed by atoms with van der Waals surface area (Å²) in [6.07, 6.45) is -1.52. The topological polar surface area (TPSA) is 83.5 Å². The second-order valence-electron chi connectivity index (χ2n) is 2.32. The summed E-state index contributed by atoms with van der Waals surface area (Å²) in [5, 5.41) is 19.3. The van der Waals surface area contributed by atoms with Crippen LogP contribution in [0, 0.1) is 0 Å². The third-order valence-corrected chi connectivity index (χ3v) is 2.44. The Hall–Kier alpha value is -0.910. The van der Waals surface area contributed by atoms with Crippen LogP contribution in [0.2, 0.25) is 0 Å². The van der Waals surface area contributed by atoms with Gasteiger partial charge in [-0.2, -0.15) is 0 Å². The van der Waals surface area contributed by atoms with Gasteiger partial charge >= 0.3 is 5.97 Å². The quantitative estimate of drug-likeness (QED) is 0.631. The van der Waals surface area contributed by atoms with Crippen LogP contribution in [0.1, 0.15) is 10.9 Å². The lowest BCUT2D eigenvalue weighted by Gasteiger charge is -2.12. The minimum atomic E-state index is -1.52. The summed E-state index contributed by atoms with van der Waals surface area (Å²) < 4.78 is 0. The second kappa shape index (κ2) is 3.66. The molecule has 0 amide bonds. The molecule has 4 N–H and O–H groups in total. The first-order valence-corrected chi connectivity index (χ1v) is 4.20. The van der Waals surface area contributed by atoms with Crippen LogP contribution in [0.4, 0.5) is 0 Å². The zero-order chi connectivity index (χ0) is 9.14. The lowest BCUT2D eigenvalue weighted by atomic mass is 10.1. The SMILES string of the molecule is N[C@@H](c1cccs1)[C@@H](O)C(=O)O. The third-order valence-electron chi connectivity index (χ3n) is 1.46. The molecule has 0 aliphatic heterocycles. The highest BCUT2D eigenvalue weighted by atomic mass is 32.1. The Labute approximate surface area is 73.3 Å². The van der Waals surface area contributed by atoms with Crippen LogP contribution in [-0.2, 0) is 4.79 Å². The molecular weight excluding hydrogens is 178 g/mol. The van der Waals surface area contributed by atoms with Gasteiger partial charge in [-0.15, -0.1) is 11.3 Å². The Morgan fingerprint density at radius 3 is 2.75 bits per heavy atom. The monoisotopic (exact) mass is 187 g/mol. The molecule has 1 rings (SSSR count). The fourth-order valence-electron chi connectivity index (χ4n) is 0.790. The van der Waals surface area contributed by atoms with E-state index in [9.17, 15) is 4.79 Å². The van der Waals surface area contributed by atoms with Crippen molar-refractivity contribution in [3.8, 4) is 0 Å². The van der Waals surface area contributed by atoms with E-state index in [1.807, 2.05) is 0 Å². The average Bonchev–Trinajstić information content (AvgIpc) is 2.53. The molecule has 5 heteroatoms. The Bertz CT molecular complexity index is 260. The van der Waals surface area contributed by atoms with Gasteiger partial charge in [0, 0.05) is 4.88 Å². The Morgan fingerprint density at radius 1 is 1.67 bits per heavy atom. The van der Waals surface area contributed by atoms with Crippen LogP contribution in [0.15, 0.2) is 17.5 Å². The molecule has 12 heavy (non-hydrogen) atoms. The first-order chi connectivity index (χ1) is 5.63. The zero-order valence-electron chi connectivity index (χ0n) is 6.18. The average molecular weight is 187 g/mol. The Morgan fingerprint density at radius 2 is 2.33 bits per heavy atom. The van der Waals surface area contributed by atoms with E-state index in [0.717, 1.165) is 0 Å². The first-order valence-electron chi connectivity index (χ1n) is 3.33. The number of aliphatic carboxylic acids is 1. The molecule has 0 spiro atoms. The number of carboxylic acid groups (broad SMARTS) is 1. The number of carbonyl (C=O) groups is 1. The van der Waals surface area contributed by atoms with Crippen LogP contribution in [0.25, 0.3) is 0 Å². The lowest BCUT2D eigenvalue weighted by molar-refractivity contribution is -0.147. The van der Waals surface area contributed by atoms with Gasteiger partial charge in [-0.05, 0) is 11.4 Å². The molecule has 0 radical (unpaired) electrons. The van der Waals surface area contributed by atoms with Crippen molar-refractivity contribution in [1.29, 1.82) is 0 Å². The van der Waals surface area contributed by atoms with E-state index in [0.29, 0.717) is 4.88 Å². The maximum atomic E-state index is 10.3. The first kappa shape index (κ1) is 9.18. The summed E-state index contributed by atoms with van der Waals surface area (Å²) in [6, 6.07) is 2.62. The number of nitrogens with two attached hydrogens (primary N) is 1. The van der Waals surface area contributed by atoms with Gasteiger partial charge in [0.2, 0.25) is 0 Å². The predicted molar refractivity (Wildman–Crippen MR) is 44.9 cm³/mol. The number of rotatable bonds is 3. The van der Waals surface area contributed by atoms with Crippen molar-refractivity contribution in [1.82, 2.24) is 0 Å². The van der Waals surface area contributed by atoms with Crippen LogP contribution in [-0.4, -0.2) is 22.3 Å². The molecule has 4 nitrogen and oxygen atoms in total. The summed E-state index contributed by atoms with van der Waals surface area (Å²) in [7, 11) is 0. The molecule has 0 aliphatic carbocycles. The van der Waals surface area contributed by atoms with Gasteiger partial charge in [0.05, 0.1) is 6.04 Å². The summed E-state index contributed by atoms with van der Waals surface area (Å²) in [6.45, 7) is 0. The molecule has 0 aliphatic rings. The highest BCUT2D eigenvalue weighted by molar-refractivity contribution is 7.10.